The summed E-state index contributed by atoms with van der Waals surface area (Å²) >= 11 is 0.200. The van der Waals surface area contributed by atoms with Crippen LogP contribution in [0.15, 0.2) is 36.9 Å². The Kier molecular flexibility index (Phi) is 5.19. The maximum atomic E-state index is 14.5. The number of rotatable bonds is 6. The third-order valence-electron chi connectivity index (χ3n) is 3.35. The Morgan fingerprint density at radius 1 is 1.08 bits per heavy atom. The van der Waals surface area contributed by atoms with Gasteiger partial charge in [0.15, 0.2) is 5.60 Å². The number of benzene rings is 1. The molecule has 10 heteroatoms. The van der Waals surface area contributed by atoms with Gasteiger partial charge in [-0.25, -0.2) is 9.67 Å². The number of nitrogens with zero attached hydrogens (tertiary/aromatic N) is 3. The molecule has 0 spiro atoms. The lowest BCUT2D eigenvalue weighted by molar-refractivity contribution is -0.140. The van der Waals surface area contributed by atoms with Crippen molar-refractivity contribution in [1.29, 1.82) is 0 Å². The van der Waals surface area contributed by atoms with Crippen LogP contribution in [0.5, 0.6) is 0 Å². The number of aromatic nitrogens is 3. The van der Waals surface area contributed by atoms with Crippen LogP contribution in [-0.2, 0) is 18.3 Å². The Labute approximate surface area is 138 Å². The summed E-state index contributed by atoms with van der Waals surface area (Å²) in [7, 11) is 0. The average Bonchev–Trinajstić information content (AvgIpc) is 2.99. The SMILES string of the molecule is CCSC(F)(F)C(O)(Cn1cncn1)c1ccc(C(F)(F)F)cc1. The molecule has 0 bridgehead atoms. The van der Waals surface area contributed by atoms with E-state index in [0.717, 1.165) is 29.5 Å². The van der Waals surface area contributed by atoms with Gasteiger partial charge in [0.05, 0.1) is 12.1 Å². The number of hydrogen-bond donors (Lipinski definition) is 1. The molecule has 2 rings (SSSR count). The number of hydrogen-bond acceptors (Lipinski definition) is 4. The largest absolute Gasteiger partial charge is 0.416 e. The third kappa shape index (κ3) is 3.69. The second kappa shape index (κ2) is 6.67. The first-order chi connectivity index (χ1) is 11.1. The summed E-state index contributed by atoms with van der Waals surface area (Å²) in [4.78, 5) is 3.61. The molecule has 24 heavy (non-hydrogen) atoms. The molecular formula is C14H14F5N3OS. The second-order valence-electron chi connectivity index (χ2n) is 4.98. The van der Waals surface area contributed by atoms with Crippen LogP contribution in [0.3, 0.4) is 0 Å². The second-order valence-corrected chi connectivity index (χ2v) is 6.36. The van der Waals surface area contributed by atoms with Gasteiger partial charge in [-0.3, -0.25) is 0 Å². The zero-order valence-electron chi connectivity index (χ0n) is 12.5. The van der Waals surface area contributed by atoms with Crippen molar-refractivity contribution in [2.24, 2.45) is 0 Å². The third-order valence-corrected chi connectivity index (χ3v) is 4.34. The fraction of sp³-hybridized carbons (Fsp3) is 0.429. The molecule has 1 unspecified atom stereocenters. The Morgan fingerprint density at radius 3 is 2.12 bits per heavy atom. The first kappa shape index (κ1) is 18.7. The molecule has 4 nitrogen and oxygen atoms in total. The van der Waals surface area contributed by atoms with Crippen LogP contribution in [0.4, 0.5) is 22.0 Å². The highest BCUT2D eigenvalue weighted by molar-refractivity contribution is 8.00. The predicted octanol–water partition coefficient (Wildman–Crippen LogP) is 3.53. The molecular weight excluding hydrogens is 353 g/mol. The predicted molar refractivity (Wildman–Crippen MR) is 78.4 cm³/mol. The van der Waals surface area contributed by atoms with Gasteiger partial charge in [-0.15, -0.1) is 0 Å². The van der Waals surface area contributed by atoms with E-state index in [-0.39, 0.29) is 23.1 Å². The summed E-state index contributed by atoms with van der Waals surface area (Å²) in [6.07, 6.45) is -2.34. The van der Waals surface area contributed by atoms with E-state index in [4.69, 9.17) is 0 Å². The maximum absolute atomic E-state index is 14.5. The minimum Gasteiger partial charge on any atom is -0.376 e. The molecule has 132 valence electrons. The minimum absolute atomic E-state index is 0.00724. The lowest BCUT2D eigenvalue weighted by Crippen LogP contribution is -2.47. The van der Waals surface area contributed by atoms with Gasteiger partial charge in [0, 0.05) is 0 Å². The molecule has 0 aliphatic rings. The lowest BCUT2D eigenvalue weighted by atomic mass is 9.92. The van der Waals surface area contributed by atoms with E-state index in [0.29, 0.717) is 12.1 Å². The zero-order valence-corrected chi connectivity index (χ0v) is 13.3. The number of aliphatic hydroxyl groups is 1. The van der Waals surface area contributed by atoms with E-state index < -0.39 is 29.1 Å². The molecule has 2 aromatic rings. The van der Waals surface area contributed by atoms with Gasteiger partial charge in [-0.2, -0.15) is 27.1 Å². The molecule has 0 aliphatic heterocycles. The van der Waals surface area contributed by atoms with Crippen LogP contribution in [0, 0.1) is 0 Å². The van der Waals surface area contributed by atoms with E-state index in [9.17, 15) is 27.1 Å². The van der Waals surface area contributed by atoms with Crippen LogP contribution in [0.25, 0.3) is 0 Å². The van der Waals surface area contributed by atoms with Crippen LogP contribution >= 0.6 is 11.8 Å². The van der Waals surface area contributed by atoms with Crippen LogP contribution in [-0.4, -0.2) is 30.9 Å². The summed E-state index contributed by atoms with van der Waals surface area (Å²) in [6.45, 7) is 0.833. The molecule has 0 radical (unpaired) electrons. The first-order valence-corrected chi connectivity index (χ1v) is 7.83. The highest BCUT2D eigenvalue weighted by Gasteiger charge is 2.54. The molecule has 0 aliphatic carbocycles. The highest BCUT2D eigenvalue weighted by Crippen LogP contribution is 2.47. The quantitative estimate of drug-likeness (QED) is 0.794. The summed E-state index contributed by atoms with van der Waals surface area (Å²) in [5.41, 5.74) is -4.07. The van der Waals surface area contributed by atoms with Gasteiger partial charge >= 0.3 is 11.4 Å². The molecule has 1 atom stereocenters. The Bertz CT molecular complexity index is 660. The van der Waals surface area contributed by atoms with Crippen LogP contribution in [0.1, 0.15) is 18.1 Å². The van der Waals surface area contributed by atoms with E-state index >= 15 is 0 Å². The van der Waals surface area contributed by atoms with Gasteiger partial charge in [0.25, 0.3) is 0 Å². The molecule has 0 amide bonds. The van der Waals surface area contributed by atoms with E-state index in [1.54, 1.807) is 0 Å². The smallest absolute Gasteiger partial charge is 0.376 e. The summed E-state index contributed by atoms with van der Waals surface area (Å²) in [6, 6.07) is 3.02. The Balaban J connectivity index is 2.45. The van der Waals surface area contributed by atoms with Crippen molar-refractivity contribution in [2.75, 3.05) is 5.75 Å². The lowest BCUT2D eigenvalue weighted by Gasteiger charge is -2.35. The number of thioether (sulfide) groups is 1. The minimum atomic E-state index is -4.59. The average molecular weight is 367 g/mol. The number of halogens is 5. The highest BCUT2D eigenvalue weighted by atomic mass is 32.2. The summed E-state index contributed by atoms with van der Waals surface area (Å²) in [5, 5.41) is 10.7. The fourth-order valence-corrected chi connectivity index (χ4v) is 2.92. The van der Waals surface area contributed by atoms with Gasteiger partial charge in [-0.1, -0.05) is 30.8 Å². The summed E-state index contributed by atoms with van der Waals surface area (Å²) < 4.78 is 67.9. The van der Waals surface area contributed by atoms with E-state index in [1.807, 2.05) is 0 Å². The van der Waals surface area contributed by atoms with Crippen molar-refractivity contribution in [1.82, 2.24) is 14.8 Å². The van der Waals surface area contributed by atoms with Crippen molar-refractivity contribution in [3.63, 3.8) is 0 Å². The van der Waals surface area contributed by atoms with E-state index in [1.165, 1.54) is 6.92 Å². The molecule has 1 N–H and O–H groups in total. The van der Waals surface area contributed by atoms with Crippen molar-refractivity contribution in [2.45, 2.75) is 30.5 Å². The van der Waals surface area contributed by atoms with Gasteiger partial charge in [0.1, 0.15) is 12.7 Å². The van der Waals surface area contributed by atoms with Crippen LogP contribution < -0.4 is 0 Å². The topological polar surface area (TPSA) is 50.9 Å². The van der Waals surface area contributed by atoms with Crippen molar-refractivity contribution in [3.8, 4) is 0 Å². The van der Waals surface area contributed by atoms with Crippen molar-refractivity contribution in [3.05, 3.63) is 48.0 Å². The molecule has 0 saturated carbocycles. The molecule has 1 heterocycles. The molecule has 0 saturated heterocycles. The normalized spacial score (nSPS) is 15.3. The van der Waals surface area contributed by atoms with Crippen LogP contribution in [0.2, 0.25) is 0 Å². The molecule has 1 aromatic heterocycles. The first-order valence-electron chi connectivity index (χ1n) is 6.84. The molecule has 1 aromatic carbocycles. The van der Waals surface area contributed by atoms with Gasteiger partial charge in [-0.05, 0) is 23.4 Å². The standard InChI is InChI=1S/C14H14F5N3OS/c1-2-24-14(18,19)12(23,7-22-9-20-8-21-22)10-3-5-11(6-4-10)13(15,16)17/h3-6,8-9,23H,2,7H2,1H3. The fourth-order valence-electron chi connectivity index (χ4n) is 2.14. The van der Waals surface area contributed by atoms with E-state index in [2.05, 4.69) is 10.1 Å². The van der Waals surface area contributed by atoms with Crippen molar-refractivity contribution < 1.29 is 27.1 Å². The Hall–Kier alpha value is -1.68. The van der Waals surface area contributed by atoms with Gasteiger partial charge in [0.2, 0.25) is 0 Å². The van der Waals surface area contributed by atoms with Crippen molar-refractivity contribution >= 4 is 11.8 Å². The maximum Gasteiger partial charge on any atom is 0.416 e. The molecule has 0 fully saturated rings. The zero-order chi connectivity index (χ0) is 18.0. The Morgan fingerprint density at radius 2 is 1.67 bits per heavy atom. The monoisotopic (exact) mass is 367 g/mol. The number of alkyl halides is 5. The summed E-state index contributed by atoms with van der Waals surface area (Å²) in [5.74, 6) is 0.00724. The van der Waals surface area contributed by atoms with Gasteiger partial charge < -0.3 is 5.11 Å².